The first-order chi connectivity index (χ1) is 12.2. The molecular weight excluding hydrogens is 334 g/mol. The normalized spacial score (nSPS) is 13.9. The number of aldehydes is 1. The van der Waals surface area contributed by atoms with Crippen LogP contribution in [0.15, 0.2) is 34.7 Å². The maximum atomic E-state index is 12.1. The van der Waals surface area contributed by atoms with Crippen molar-refractivity contribution in [3.8, 4) is 11.5 Å². The Kier molecular flexibility index (Phi) is 6.13. The predicted octanol–water partition coefficient (Wildman–Crippen LogP) is 3.57. The summed E-state index contributed by atoms with van der Waals surface area (Å²) in [6.45, 7) is 9.12. The predicted molar refractivity (Wildman–Crippen MR) is 96.5 cm³/mol. The Hall–Kier alpha value is -2.70. The molecule has 1 unspecified atom stereocenters. The molecule has 1 aromatic carbocycles. The first-order valence-corrected chi connectivity index (χ1v) is 8.55. The molecule has 26 heavy (non-hydrogen) atoms. The molecule has 1 amide bonds. The summed E-state index contributed by atoms with van der Waals surface area (Å²) >= 11 is 0. The SMILES string of the molecule is CC(C)[C@H](NC(=O)OC(C)(C)C)C(C=O)c1nnc(-c2ccccc2)o1. The lowest BCUT2D eigenvalue weighted by molar-refractivity contribution is -0.110. The summed E-state index contributed by atoms with van der Waals surface area (Å²) in [5.74, 6) is -0.335. The van der Waals surface area contributed by atoms with Crippen molar-refractivity contribution in [2.24, 2.45) is 5.92 Å². The molecule has 140 valence electrons. The van der Waals surface area contributed by atoms with E-state index in [0.29, 0.717) is 12.2 Å². The summed E-state index contributed by atoms with van der Waals surface area (Å²) < 4.78 is 11.0. The van der Waals surface area contributed by atoms with Gasteiger partial charge in [0.2, 0.25) is 11.8 Å². The van der Waals surface area contributed by atoms with E-state index in [1.165, 1.54) is 0 Å². The lowest BCUT2D eigenvalue weighted by Gasteiger charge is -2.27. The van der Waals surface area contributed by atoms with Crippen molar-refractivity contribution >= 4 is 12.4 Å². The average molecular weight is 359 g/mol. The molecule has 0 aliphatic carbocycles. The quantitative estimate of drug-likeness (QED) is 0.792. The molecule has 0 aliphatic rings. The van der Waals surface area contributed by atoms with Gasteiger partial charge in [-0.1, -0.05) is 32.0 Å². The van der Waals surface area contributed by atoms with Crippen LogP contribution in [-0.4, -0.2) is 34.2 Å². The van der Waals surface area contributed by atoms with Crippen LogP contribution in [0.2, 0.25) is 0 Å². The van der Waals surface area contributed by atoms with Crippen molar-refractivity contribution in [3.63, 3.8) is 0 Å². The fourth-order valence-corrected chi connectivity index (χ4v) is 2.48. The minimum atomic E-state index is -0.771. The van der Waals surface area contributed by atoms with Gasteiger partial charge in [-0.25, -0.2) is 4.79 Å². The maximum Gasteiger partial charge on any atom is 0.407 e. The number of amides is 1. The van der Waals surface area contributed by atoms with Gasteiger partial charge in [-0.3, -0.25) is 0 Å². The molecule has 2 atom stereocenters. The minimum Gasteiger partial charge on any atom is -0.444 e. The smallest absolute Gasteiger partial charge is 0.407 e. The number of hydrogen-bond acceptors (Lipinski definition) is 6. The second-order valence-corrected chi connectivity index (χ2v) is 7.39. The Morgan fingerprint density at radius 2 is 1.85 bits per heavy atom. The van der Waals surface area contributed by atoms with Crippen molar-refractivity contribution in [1.82, 2.24) is 15.5 Å². The number of alkyl carbamates (subject to hydrolysis) is 1. The number of nitrogens with one attached hydrogen (secondary N) is 1. The third kappa shape index (κ3) is 5.15. The number of aromatic nitrogens is 2. The van der Waals surface area contributed by atoms with Crippen LogP contribution < -0.4 is 5.32 Å². The second kappa shape index (κ2) is 8.12. The monoisotopic (exact) mass is 359 g/mol. The average Bonchev–Trinajstić information content (AvgIpc) is 3.03. The Morgan fingerprint density at radius 3 is 2.38 bits per heavy atom. The molecule has 0 spiro atoms. The Balaban J connectivity index is 2.22. The van der Waals surface area contributed by atoms with Crippen LogP contribution in [0, 0.1) is 5.92 Å². The molecule has 1 aromatic heterocycles. The van der Waals surface area contributed by atoms with Gasteiger partial charge in [0.1, 0.15) is 17.8 Å². The van der Waals surface area contributed by atoms with Crippen LogP contribution in [0.1, 0.15) is 46.4 Å². The molecule has 0 bridgehead atoms. The van der Waals surface area contributed by atoms with Gasteiger partial charge in [0.25, 0.3) is 0 Å². The van der Waals surface area contributed by atoms with Gasteiger partial charge in [-0.15, -0.1) is 10.2 Å². The Bertz CT molecular complexity index is 735. The number of carbonyl (C=O) groups is 2. The molecule has 0 saturated heterocycles. The number of carbonyl (C=O) groups excluding carboxylic acids is 2. The Labute approximate surface area is 153 Å². The molecule has 0 fully saturated rings. The van der Waals surface area contributed by atoms with Crippen LogP contribution in [-0.2, 0) is 9.53 Å². The summed E-state index contributed by atoms with van der Waals surface area (Å²) in [5, 5.41) is 10.8. The van der Waals surface area contributed by atoms with Crippen LogP contribution >= 0.6 is 0 Å². The lowest BCUT2D eigenvalue weighted by atomic mass is 9.91. The third-order valence-electron chi connectivity index (χ3n) is 3.68. The van der Waals surface area contributed by atoms with E-state index >= 15 is 0 Å². The number of hydrogen-bond donors (Lipinski definition) is 1. The summed E-state index contributed by atoms with van der Waals surface area (Å²) in [7, 11) is 0. The number of benzene rings is 1. The highest BCUT2D eigenvalue weighted by atomic mass is 16.6. The third-order valence-corrected chi connectivity index (χ3v) is 3.68. The lowest BCUT2D eigenvalue weighted by Crippen LogP contribution is -2.45. The van der Waals surface area contributed by atoms with E-state index in [-0.39, 0.29) is 11.8 Å². The zero-order valence-electron chi connectivity index (χ0n) is 15.7. The topological polar surface area (TPSA) is 94.3 Å². The van der Waals surface area contributed by atoms with E-state index in [4.69, 9.17) is 9.15 Å². The van der Waals surface area contributed by atoms with Gasteiger partial charge < -0.3 is 19.3 Å². The molecule has 2 aromatic rings. The van der Waals surface area contributed by atoms with Crippen LogP contribution in [0.4, 0.5) is 4.79 Å². The highest BCUT2D eigenvalue weighted by Gasteiger charge is 2.33. The van der Waals surface area contributed by atoms with Gasteiger partial charge in [0.05, 0.1) is 6.04 Å². The van der Waals surface area contributed by atoms with Crippen molar-refractivity contribution in [1.29, 1.82) is 0 Å². The second-order valence-electron chi connectivity index (χ2n) is 7.39. The fourth-order valence-electron chi connectivity index (χ4n) is 2.48. The molecule has 0 radical (unpaired) electrons. The minimum absolute atomic E-state index is 0.0511. The van der Waals surface area contributed by atoms with Crippen LogP contribution in [0.25, 0.3) is 11.5 Å². The fraction of sp³-hybridized carbons (Fsp3) is 0.474. The van der Waals surface area contributed by atoms with Crippen LogP contribution in [0.3, 0.4) is 0 Å². The molecule has 7 heteroatoms. The highest BCUT2D eigenvalue weighted by Crippen LogP contribution is 2.25. The van der Waals surface area contributed by atoms with E-state index in [0.717, 1.165) is 5.56 Å². The molecule has 1 heterocycles. The van der Waals surface area contributed by atoms with Gasteiger partial charge in [-0.2, -0.15) is 0 Å². The largest absolute Gasteiger partial charge is 0.444 e. The molecule has 1 N–H and O–H groups in total. The first kappa shape index (κ1) is 19.6. The number of nitrogens with zero attached hydrogens (tertiary/aromatic N) is 2. The van der Waals surface area contributed by atoms with Crippen molar-refractivity contribution in [2.45, 2.75) is 52.2 Å². The van der Waals surface area contributed by atoms with Gasteiger partial charge in [0, 0.05) is 5.56 Å². The summed E-state index contributed by atoms with van der Waals surface area (Å²) in [6.07, 6.45) is 0.121. The number of rotatable bonds is 6. The number of ether oxygens (including phenoxy) is 1. The standard InChI is InChI=1S/C19H25N3O4/c1-12(2)15(20-18(24)26-19(3,4)5)14(11-23)17-22-21-16(25-17)13-9-7-6-8-10-13/h6-12,14-15H,1-5H3,(H,20,24)/t14?,15-/m0/s1. The molecule has 7 nitrogen and oxygen atoms in total. The summed E-state index contributed by atoms with van der Waals surface area (Å²) in [4.78, 5) is 23.9. The first-order valence-electron chi connectivity index (χ1n) is 8.55. The molecule has 0 aliphatic heterocycles. The Morgan fingerprint density at radius 1 is 1.19 bits per heavy atom. The summed E-state index contributed by atoms with van der Waals surface area (Å²) in [6, 6.07) is 8.74. The van der Waals surface area contributed by atoms with E-state index in [1.807, 2.05) is 44.2 Å². The molecule has 0 saturated carbocycles. The van der Waals surface area contributed by atoms with Crippen molar-refractivity contribution < 1.29 is 18.7 Å². The highest BCUT2D eigenvalue weighted by molar-refractivity contribution is 5.70. The van der Waals surface area contributed by atoms with Crippen molar-refractivity contribution in [2.75, 3.05) is 0 Å². The molecule has 2 rings (SSSR count). The molecular formula is C19H25N3O4. The van der Waals surface area contributed by atoms with Gasteiger partial charge in [-0.05, 0) is 38.8 Å². The van der Waals surface area contributed by atoms with E-state index in [1.54, 1.807) is 20.8 Å². The van der Waals surface area contributed by atoms with E-state index < -0.39 is 23.7 Å². The van der Waals surface area contributed by atoms with E-state index in [2.05, 4.69) is 15.5 Å². The van der Waals surface area contributed by atoms with Crippen LogP contribution in [0.5, 0.6) is 0 Å². The van der Waals surface area contributed by atoms with Gasteiger partial charge in [0.15, 0.2) is 0 Å². The zero-order valence-corrected chi connectivity index (χ0v) is 15.7. The van der Waals surface area contributed by atoms with E-state index in [9.17, 15) is 9.59 Å². The maximum absolute atomic E-state index is 12.1. The van der Waals surface area contributed by atoms with Gasteiger partial charge >= 0.3 is 6.09 Å². The zero-order chi connectivity index (χ0) is 19.3. The summed E-state index contributed by atoms with van der Waals surface area (Å²) in [5.41, 5.74) is 0.130. The van der Waals surface area contributed by atoms with Crippen molar-refractivity contribution in [3.05, 3.63) is 36.2 Å².